The molecular formula is C26H31NO5. The van der Waals surface area contributed by atoms with Crippen LogP contribution in [0.2, 0.25) is 0 Å². The molecule has 1 saturated heterocycles. The van der Waals surface area contributed by atoms with Crippen molar-refractivity contribution in [1.29, 1.82) is 0 Å². The largest absolute Gasteiger partial charge is 0.484 e. The van der Waals surface area contributed by atoms with E-state index < -0.39 is 12.1 Å². The highest BCUT2D eigenvalue weighted by atomic mass is 16.5. The van der Waals surface area contributed by atoms with Gasteiger partial charge >= 0.3 is 5.97 Å². The lowest BCUT2D eigenvalue weighted by molar-refractivity contribution is -0.139. The number of piperidine rings is 1. The number of rotatable bonds is 7. The molecule has 1 aliphatic heterocycles. The van der Waals surface area contributed by atoms with E-state index in [1.165, 1.54) is 0 Å². The first kappa shape index (κ1) is 23.5. The predicted molar refractivity (Wildman–Crippen MR) is 122 cm³/mol. The maximum atomic E-state index is 12.6. The SMILES string of the molecule is Cc1ccc(C(=O)C(C)OC(=O)c2ccc(OCC(=O)N3C(C)CCCC3C)cc2)cc1. The van der Waals surface area contributed by atoms with E-state index in [4.69, 9.17) is 9.47 Å². The molecule has 1 aliphatic rings. The van der Waals surface area contributed by atoms with E-state index in [2.05, 4.69) is 13.8 Å². The summed E-state index contributed by atoms with van der Waals surface area (Å²) in [6, 6.07) is 14.0. The second-order valence-electron chi connectivity index (χ2n) is 8.52. The third kappa shape index (κ3) is 5.75. The molecule has 3 atom stereocenters. The molecule has 0 saturated carbocycles. The lowest BCUT2D eigenvalue weighted by Gasteiger charge is -2.38. The molecule has 1 amide bonds. The van der Waals surface area contributed by atoms with Crippen molar-refractivity contribution < 1.29 is 23.9 Å². The van der Waals surface area contributed by atoms with E-state index in [-0.39, 0.29) is 30.4 Å². The van der Waals surface area contributed by atoms with Crippen LogP contribution in [0.4, 0.5) is 0 Å². The molecule has 0 spiro atoms. The molecular weight excluding hydrogens is 406 g/mol. The second-order valence-corrected chi connectivity index (χ2v) is 8.52. The summed E-state index contributed by atoms with van der Waals surface area (Å²) in [5.74, 6) is -0.373. The molecule has 6 nitrogen and oxygen atoms in total. The van der Waals surface area contributed by atoms with Gasteiger partial charge in [0.2, 0.25) is 5.78 Å². The van der Waals surface area contributed by atoms with E-state index in [0.29, 0.717) is 16.9 Å². The van der Waals surface area contributed by atoms with Gasteiger partial charge in [0.25, 0.3) is 5.91 Å². The maximum absolute atomic E-state index is 12.6. The first-order valence-electron chi connectivity index (χ1n) is 11.1. The Balaban J connectivity index is 1.53. The number of carbonyl (C=O) groups excluding carboxylic acids is 3. The molecule has 1 fully saturated rings. The quantitative estimate of drug-likeness (QED) is 0.468. The van der Waals surface area contributed by atoms with Crippen molar-refractivity contribution in [3.8, 4) is 5.75 Å². The Kier molecular flexibility index (Phi) is 7.67. The Labute approximate surface area is 189 Å². The third-order valence-electron chi connectivity index (χ3n) is 5.92. The number of Topliss-reactive ketones (excluding diaryl/α,β-unsaturated/α-hetero) is 1. The van der Waals surface area contributed by atoms with Crippen molar-refractivity contribution in [2.24, 2.45) is 0 Å². The fraction of sp³-hybridized carbons (Fsp3) is 0.423. The minimum absolute atomic E-state index is 0.0309. The zero-order chi connectivity index (χ0) is 23.3. The van der Waals surface area contributed by atoms with Crippen molar-refractivity contribution in [3.63, 3.8) is 0 Å². The Morgan fingerprint density at radius 2 is 1.50 bits per heavy atom. The molecule has 170 valence electrons. The summed E-state index contributed by atoms with van der Waals surface area (Å²) in [5, 5.41) is 0. The number of ketones is 1. The van der Waals surface area contributed by atoms with Gasteiger partial charge in [0, 0.05) is 17.6 Å². The number of benzene rings is 2. The number of hydrogen-bond donors (Lipinski definition) is 0. The summed E-state index contributed by atoms with van der Waals surface area (Å²) in [5.41, 5.74) is 1.86. The van der Waals surface area contributed by atoms with Crippen LogP contribution in [0.25, 0.3) is 0 Å². The first-order chi connectivity index (χ1) is 15.3. The summed E-state index contributed by atoms with van der Waals surface area (Å²) in [6.07, 6.45) is 2.27. The minimum atomic E-state index is -0.896. The first-order valence-corrected chi connectivity index (χ1v) is 11.1. The summed E-state index contributed by atoms with van der Waals surface area (Å²) < 4.78 is 11.0. The van der Waals surface area contributed by atoms with Gasteiger partial charge in [-0.2, -0.15) is 0 Å². The van der Waals surface area contributed by atoms with Gasteiger partial charge in [-0.15, -0.1) is 0 Å². The number of carbonyl (C=O) groups is 3. The van der Waals surface area contributed by atoms with Crippen LogP contribution in [0.15, 0.2) is 48.5 Å². The van der Waals surface area contributed by atoms with Crippen LogP contribution in [0.5, 0.6) is 5.75 Å². The monoisotopic (exact) mass is 437 g/mol. The Hall–Kier alpha value is -3.15. The molecule has 0 aromatic heterocycles. The van der Waals surface area contributed by atoms with Gasteiger partial charge in [0.1, 0.15) is 5.75 Å². The number of aryl methyl sites for hydroxylation is 1. The Morgan fingerprint density at radius 1 is 0.938 bits per heavy atom. The van der Waals surface area contributed by atoms with E-state index in [0.717, 1.165) is 24.8 Å². The van der Waals surface area contributed by atoms with Crippen LogP contribution in [-0.2, 0) is 9.53 Å². The molecule has 0 N–H and O–H groups in total. The van der Waals surface area contributed by atoms with E-state index in [9.17, 15) is 14.4 Å². The van der Waals surface area contributed by atoms with Crippen molar-refractivity contribution in [3.05, 3.63) is 65.2 Å². The molecule has 0 aliphatic carbocycles. The molecule has 0 bridgehead atoms. The summed E-state index contributed by atoms with van der Waals surface area (Å²) in [6.45, 7) is 7.60. The smallest absolute Gasteiger partial charge is 0.338 e. The van der Waals surface area contributed by atoms with Gasteiger partial charge in [-0.3, -0.25) is 9.59 Å². The van der Waals surface area contributed by atoms with Gasteiger partial charge in [-0.25, -0.2) is 4.79 Å². The fourth-order valence-electron chi connectivity index (χ4n) is 4.05. The zero-order valence-electron chi connectivity index (χ0n) is 19.2. The Morgan fingerprint density at radius 3 is 2.09 bits per heavy atom. The predicted octanol–water partition coefficient (Wildman–Crippen LogP) is 4.59. The van der Waals surface area contributed by atoms with E-state index in [1.54, 1.807) is 43.3 Å². The highest BCUT2D eigenvalue weighted by molar-refractivity contribution is 6.01. The van der Waals surface area contributed by atoms with Crippen molar-refractivity contribution >= 4 is 17.7 Å². The van der Waals surface area contributed by atoms with Crippen LogP contribution in [0.1, 0.15) is 66.3 Å². The van der Waals surface area contributed by atoms with Gasteiger partial charge < -0.3 is 14.4 Å². The molecule has 6 heteroatoms. The molecule has 3 rings (SSSR count). The third-order valence-corrected chi connectivity index (χ3v) is 5.92. The summed E-state index contributed by atoms with van der Waals surface area (Å²) >= 11 is 0. The number of ether oxygens (including phenoxy) is 2. The highest BCUT2D eigenvalue weighted by Crippen LogP contribution is 2.23. The van der Waals surface area contributed by atoms with Gasteiger partial charge in [-0.05, 0) is 71.2 Å². The van der Waals surface area contributed by atoms with Crippen LogP contribution in [0, 0.1) is 6.92 Å². The fourth-order valence-corrected chi connectivity index (χ4v) is 4.05. The van der Waals surface area contributed by atoms with Crippen LogP contribution >= 0.6 is 0 Å². The number of amides is 1. The minimum Gasteiger partial charge on any atom is -0.484 e. The molecule has 2 aromatic rings. The molecule has 3 unspecified atom stereocenters. The topological polar surface area (TPSA) is 72.9 Å². The van der Waals surface area contributed by atoms with Crippen LogP contribution < -0.4 is 4.74 Å². The van der Waals surface area contributed by atoms with Gasteiger partial charge in [0.05, 0.1) is 5.56 Å². The number of esters is 1. The maximum Gasteiger partial charge on any atom is 0.338 e. The lowest BCUT2D eigenvalue weighted by atomic mass is 9.97. The van der Waals surface area contributed by atoms with Crippen molar-refractivity contribution in [2.45, 2.75) is 65.1 Å². The Bertz CT molecular complexity index is 941. The highest BCUT2D eigenvalue weighted by Gasteiger charge is 2.29. The van der Waals surface area contributed by atoms with Crippen LogP contribution in [-0.4, -0.2) is 47.4 Å². The molecule has 1 heterocycles. The van der Waals surface area contributed by atoms with Gasteiger partial charge in [-0.1, -0.05) is 29.8 Å². The van der Waals surface area contributed by atoms with E-state index >= 15 is 0 Å². The normalized spacial score (nSPS) is 19.2. The number of hydrogen-bond acceptors (Lipinski definition) is 5. The molecule has 32 heavy (non-hydrogen) atoms. The average molecular weight is 438 g/mol. The average Bonchev–Trinajstić information content (AvgIpc) is 2.78. The van der Waals surface area contributed by atoms with Crippen LogP contribution in [0.3, 0.4) is 0 Å². The zero-order valence-corrected chi connectivity index (χ0v) is 19.2. The lowest BCUT2D eigenvalue weighted by Crippen LogP contribution is -2.49. The number of likely N-dealkylation sites (tertiary alicyclic amines) is 1. The van der Waals surface area contributed by atoms with Crippen molar-refractivity contribution in [2.75, 3.05) is 6.61 Å². The molecule has 0 radical (unpaired) electrons. The van der Waals surface area contributed by atoms with Crippen molar-refractivity contribution in [1.82, 2.24) is 4.90 Å². The molecule has 2 aromatic carbocycles. The summed E-state index contributed by atoms with van der Waals surface area (Å²) in [4.78, 5) is 39.4. The standard InChI is InChI=1S/C26H31NO5/c1-17-8-10-21(11-9-17)25(29)20(4)32-26(30)22-12-14-23(15-13-22)31-16-24(28)27-18(2)6-5-7-19(27)3/h8-15,18-20H,5-7,16H2,1-4H3. The second kappa shape index (κ2) is 10.4. The summed E-state index contributed by atoms with van der Waals surface area (Å²) in [7, 11) is 0. The number of nitrogens with zero attached hydrogens (tertiary/aromatic N) is 1. The van der Waals surface area contributed by atoms with Gasteiger partial charge in [0.15, 0.2) is 12.7 Å². The van der Waals surface area contributed by atoms with E-state index in [1.807, 2.05) is 24.0 Å².